The molecule has 0 amide bonds. The highest BCUT2D eigenvalue weighted by Gasteiger charge is 2.33. The summed E-state index contributed by atoms with van der Waals surface area (Å²) in [4.78, 5) is 26.8. The molecule has 1 unspecified atom stereocenters. The van der Waals surface area contributed by atoms with Crippen LogP contribution in [0.25, 0.3) is 0 Å². The van der Waals surface area contributed by atoms with Crippen LogP contribution in [0.5, 0.6) is 0 Å². The van der Waals surface area contributed by atoms with Gasteiger partial charge in [0.05, 0.1) is 18.3 Å². The molecular formula is C21H30N2O4. The van der Waals surface area contributed by atoms with Crippen molar-refractivity contribution in [3.05, 3.63) is 46.3 Å². The number of ether oxygens (including phenoxy) is 2. The molecule has 1 aliphatic carbocycles. The Bertz CT molecular complexity index is 716. The van der Waals surface area contributed by atoms with Gasteiger partial charge in [0, 0.05) is 30.4 Å². The zero-order valence-corrected chi connectivity index (χ0v) is 16.9. The molecule has 0 aromatic heterocycles. The van der Waals surface area contributed by atoms with E-state index in [0.717, 1.165) is 19.4 Å². The van der Waals surface area contributed by atoms with Gasteiger partial charge in [-0.25, -0.2) is 9.59 Å². The van der Waals surface area contributed by atoms with Crippen LogP contribution in [0.3, 0.4) is 0 Å². The lowest BCUT2D eigenvalue weighted by Gasteiger charge is -2.27. The lowest BCUT2D eigenvalue weighted by atomic mass is 9.87. The van der Waals surface area contributed by atoms with E-state index in [-0.39, 0.29) is 5.92 Å². The number of methoxy groups -OCH3 is 1. The molecule has 0 aromatic carbocycles. The molecule has 27 heavy (non-hydrogen) atoms. The largest absolute Gasteiger partial charge is 0.466 e. The maximum atomic E-state index is 12.6. The van der Waals surface area contributed by atoms with Crippen molar-refractivity contribution in [2.45, 2.75) is 33.6 Å². The lowest BCUT2D eigenvalue weighted by Crippen LogP contribution is -2.33. The molecule has 0 spiro atoms. The normalized spacial score (nSPS) is 19.8. The molecule has 148 valence electrons. The van der Waals surface area contributed by atoms with Gasteiger partial charge in [0.15, 0.2) is 0 Å². The number of dihydropyridines is 1. The van der Waals surface area contributed by atoms with Gasteiger partial charge in [-0.3, -0.25) is 4.90 Å². The molecule has 1 N–H and O–H groups in total. The van der Waals surface area contributed by atoms with Gasteiger partial charge < -0.3 is 14.8 Å². The second-order valence-electron chi connectivity index (χ2n) is 7.05. The van der Waals surface area contributed by atoms with Gasteiger partial charge in [0.1, 0.15) is 6.61 Å². The van der Waals surface area contributed by atoms with Gasteiger partial charge in [-0.05, 0) is 39.3 Å². The number of nitrogens with zero attached hydrogens (tertiary/aromatic N) is 1. The minimum Gasteiger partial charge on any atom is -0.466 e. The zero-order valence-electron chi connectivity index (χ0n) is 16.9. The highest BCUT2D eigenvalue weighted by Crippen LogP contribution is 2.30. The van der Waals surface area contributed by atoms with Crippen LogP contribution in [0.15, 0.2) is 46.3 Å². The van der Waals surface area contributed by atoms with Crippen LogP contribution in [0, 0.1) is 5.92 Å². The quantitative estimate of drug-likeness (QED) is 0.691. The Kier molecular flexibility index (Phi) is 7.42. The number of carbonyl (C=O) groups excluding carboxylic acids is 2. The summed E-state index contributed by atoms with van der Waals surface area (Å²) >= 11 is 0. The number of likely N-dealkylation sites (N-methyl/N-ethyl adjacent to an activating group) is 1. The summed E-state index contributed by atoms with van der Waals surface area (Å²) in [6, 6.07) is 0. The summed E-state index contributed by atoms with van der Waals surface area (Å²) in [6.45, 7) is 7.22. The smallest absolute Gasteiger partial charge is 0.336 e. The third-order valence-corrected chi connectivity index (χ3v) is 4.90. The van der Waals surface area contributed by atoms with Gasteiger partial charge in [-0.2, -0.15) is 0 Å². The number of esters is 2. The molecule has 0 saturated carbocycles. The van der Waals surface area contributed by atoms with Crippen molar-refractivity contribution in [2.75, 3.05) is 33.9 Å². The van der Waals surface area contributed by atoms with E-state index in [0.29, 0.717) is 35.7 Å². The van der Waals surface area contributed by atoms with Crippen LogP contribution in [-0.4, -0.2) is 50.7 Å². The van der Waals surface area contributed by atoms with E-state index in [1.54, 1.807) is 6.92 Å². The molecule has 0 saturated heterocycles. The first kappa shape index (κ1) is 21.0. The maximum Gasteiger partial charge on any atom is 0.336 e. The Morgan fingerprint density at radius 1 is 1.19 bits per heavy atom. The predicted molar refractivity (Wildman–Crippen MR) is 105 cm³/mol. The van der Waals surface area contributed by atoms with Crippen molar-refractivity contribution in [1.82, 2.24) is 10.2 Å². The molecule has 0 aromatic rings. The summed E-state index contributed by atoms with van der Waals surface area (Å²) in [7, 11) is 3.35. The third kappa shape index (κ3) is 5.32. The number of hydrogen-bond donors (Lipinski definition) is 1. The van der Waals surface area contributed by atoms with Crippen molar-refractivity contribution in [3.63, 3.8) is 0 Å². The summed E-state index contributed by atoms with van der Waals surface area (Å²) in [5.74, 6) is -1.20. The molecule has 2 rings (SSSR count). The van der Waals surface area contributed by atoms with Crippen LogP contribution < -0.4 is 5.32 Å². The lowest BCUT2D eigenvalue weighted by molar-refractivity contribution is -0.140. The Hall–Kier alpha value is -2.34. The first-order valence-corrected chi connectivity index (χ1v) is 9.33. The van der Waals surface area contributed by atoms with Crippen molar-refractivity contribution in [3.8, 4) is 0 Å². The Morgan fingerprint density at radius 3 is 2.44 bits per heavy atom. The first-order valence-electron chi connectivity index (χ1n) is 9.33. The van der Waals surface area contributed by atoms with E-state index >= 15 is 0 Å². The standard InChI is InChI=1S/C21H30N2O4/c1-14-18(20(24)26-5)15(2)22-16(3)19(14)21(25)27-12-11-23(4)13-17-9-7-6-8-10-17/h7,9-10,14,22H,6,8,11-13H2,1-5H3. The van der Waals surface area contributed by atoms with Crippen molar-refractivity contribution in [1.29, 1.82) is 0 Å². The molecular weight excluding hydrogens is 344 g/mol. The third-order valence-electron chi connectivity index (χ3n) is 4.90. The fourth-order valence-corrected chi connectivity index (χ4v) is 3.53. The van der Waals surface area contributed by atoms with Gasteiger partial charge in [0.25, 0.3) is 0 Å². The highest BCUT2D eigenvalue weighted by atomic mass is 16.5. The monoisotopic (exact) mass is 374 g/mol. The second-order valence-corrected chi connectivity index (χ2v) is 7.05. The number of carbonyl (C=O) groups is 2. The van der Waals surface area contributed by atoms with Gasteiger partial charge in [0.2, 0.25) is 0 Å². The zero-order chi connectivity index (χ0) is 20.0. The maximum absolute atomic E-state index is 12.6. The van der Waals surface area contributed by atoms with Crippen LogP contribution in [-0.2, 0) is 19.1 Å². The number of nitrogens with one attached hydrogen (secondary N) is 1. The van der Waals surface area contributed by atoms with E-state index in [1.807, 2.05) is 20.9 Å². The van der Waals surface area contributed by atoms with E-state index in [4.69, 9.17) is 9.47 Å². The predicted octanol–water partition coefficient (Wildman–Crippen LogP) is 2.70. The summed E-state index contributed by atoms with van der Waals surface area (Å²) in [5, 5.41) is 3.09. The first-order chi connectivity index (χ1) is 12.8. The van der Waals surface area contributed by atoms with E-state index < -0.39 is 11.9 Å². The Balaban J connectivity index is 1.91. The molecule has 1 atom stereocenters. The number of rotatable bonds is 7. The topological polar surface area (TPSA) is 67.9 Å². The molecule has 6 heteroatoms. The summed E-state index contributed by atoms with van der Waals surface area (Å²) in [5.41, 5.74) is 3.65. The van der Waals surface area contributed by atoms with E-state index in [2.05, 4.69) is 28.4 Å². The van der Waals surface area contributed by atoms with Gasteiger partial charge in [-0.1, -0.05) is 25.2 Å². The average molecular weight is 374 g/mol. The molecule has 6 nitrogen and oxygen atoms in total. The molecule has 0 radical (unpaired) electrons. The SMILES string of the molecule is COC(=O)C1=C(C)NC(C)=C(C(=O)OCCN(C)CC2=CCCC=C2)C1C. The van der Waals surface area contributed by atoms with Gasteiger partial charge >= 0.3 is 11.9 Å². The Labute approximate surface area is 161 Å². The molecule has 0 fully saturated rings. The van der Waals surface area contributed by atoms with Crippen molar-refractivity contribution in [2.24, 2.45) is 5.92 Å². The summed E-state index contributed by atoms with van der Waals surface area (Å²) < 4.78 is 10.3. The number of hydrogen-bond acceptors (Lipinski definition) is 6. The van der Waals surface area contributed by atoms with Gasteiger partial charge in [-0.15, -0.1) is 0 Å². The summed E-state index contributed by atoms with van der Waals surface area (Å²) in [6.07, 6.45) is 8.77. The highest BCUT2D eigenvalue weighted by molar-refractivity contribution is 5.97. The molecule has 1 heterocycles. The van der Waals surface area contributed by atoms with E-state index in [1.165, 1.54) is 12.7 Å². The van der Waals surface area contributed by atoms with E-state index in [9.17, 15) is 9.59 Å². The van der Waals surface area contributed by atoms with Crippen LogP contribution in [0.4, 0.5) is 0 Å². The molecule has 1 aliphatic heterocycles. The minimum atomic E-state index is -0.432. The van der Waals surface area contributed by atoms with Crippen molar-refractivity contribution < 1.29 is 19.1 Å². The second kappa shape index (κ2) is 9.55. The van der Waals surface area contributed by atoms with Crippen LogP contribution in [0.2, 0.25) is 0 Å². The average Bonchev–Trinajstić information content (AvgIpc) is 2.61. The van der Waals surface area contributed by atoms with Crippen LogP contribution >= 0.6 is 0 Å². The fourth-order valence-electron chi connectivity index (χ4n) is 3.53. The van der Waals surface area contributed by atoms with Crippen molar-refractivity contribution >= 4 is 11.9 Å². The molecule has 0 bridgehead atoms. The minimum absolute atomic E-state index is 0.298. The number of allylic oxidation sites excluding steroid dienone is 4. The van der Waals surface area contributed by atoms with Crippen LogP contribution in [0.1, 0.15) is 33.6 Å². The fraction of sp³-hybridized carbons (Fsp3) is 0.524. The molecule has 2 aliphatic rings. The Morgan fingerprint density at radius 2 is 1.85 bits per heavy atom.